The third kappa shape index (κ3) is 6.35. The number of halogens is 2. The number of hydrogen-bond acceptors (Lipinski definition) is 3. The fourth-order valence-corrected chi connectivity index (χ4v) is 1.78. The van der Waals surface area contributed by atoms with Gasteiger partial charge in [0.05, 0.1) is 6.61 Å². The lowest BCUT2D eigenvalue weighted by Gasteiger charge is -2.06. The zero-order valence-electron chi connectivity index (χ0n) is 9.21. The summed E-state index contributed by atoms with van der Waals surface area (Å²) in [6, 6.07) is 4.70. The van der Waals surface area contributed by atoms with E-state index >= 15 is 0 Å². The number of nitrogens with two attached hydrogens (primary N) is 1. The van der Waals surface area contributed by atoms with Crippen LogP contribution in [0.5, 0.6) is 0 Å². The van der Waals surface area contributed by atoms with E-state index in [0.717, 1.165) is 5.56 Å². The molecular formula is C11H14BrFN2O2. The van der Waals surface area contributed by atoms with E-state index in [4.69, 9.17) is 10.5 Å². The highest BCUT2D eigenvalue weighted by atomic mass is 79.9. The fourth-order valence-electron chi connectivity index (χ4n) is 1.26. The molecule has 0 spiro atoms. The largest absolute Gasteiger partial charge is 0.370 e. The van der Waals surface area contributed by atoms with E-state index in [0.29, 0.717) is 24.2 Å². The molecule has 0 saturated heterocycles. The average molecular weight is 305 g/mol. The zero-order chi connectivity index (χ0) is 12.7. The lowest BCUT2D eigenvalue weighted by molar-refractivity contribution is -0.122. The van der Waals surface area contributed by atoms with Gasteiger partial charge < -0.3 is 15.8 Å². The van der Waals surface area contributed by atoms with E-state index in [1.165, 1.54) is 12.1 Å². The zero-order valence-corrected chi connectivity index (χ0v) is 10.8. The second kappa shape index (κ2) is 7.37. The van der Waals surface area contributed by atoms with Crippen LogP contribution in [0.1, 0.15) is 5.56 Å². The van der Waals surface area contributed by atoms with E-state index < -0.39 is 5.91 Å². The predicted molar refractivity (Wildman–Crippen MR) is 65.8 cm³/mol. The molecule has 0 aliphatic heterocycles. The van der Waals surface area contributed by atoms with Gasteiger partial charge in [-0.15, -0.1) is 0 Å². The number of benzene rings is 1. The number of amides is 1. The van der Waals surface area contributed by atoms with Crippen LogP contribution in [0.25, 0.3) is 0 Å². The number of primary amides is 1. The predicted octanol–water partition coefficient (Wildman–Crippen LogP) is 1.18. The van der Waals surface area contributed by atoms with Crippen LogP contribution in [-0.2, 0) is 16.1 Å². The normalized spacial score (nSPS) is 10.5. The van der Waals surface area contributed by atoms with Crippen molar-refractivity contribution in [3.05, 3.63) is 34.1 Å². The highest BCUT2D eigenvalue weighted by Gasteiger charge is 1.99. The van der Waals surface area contributed by atoms with E-state index in [1.54, 1.807) is 0 Å². The summed E-state index contributed by atoms with van der Waals surface area (Å²) in [5.41, 5.74) is 5.74. The Kier molecular flexibility index (Phi) is 6.10. The summed E-state index contributed by atoms with van der Waals surface area (Å²) in [5.74, 6) is -0.764. The Morgan fingerprint density at radius 3 is 2.88 bits per heavy atom. The summed E-state index contributed by atoms with van der Waals surface area (Å²) in [7, 11) is 0. The van der Waals surface area contributed by atoms with Gasteiger partial charge in [-0.25, -0.2) is 4.39 Å². The van der Waals surface area contributed by atoms with Crippen LogP contribution in [0, 0.1) is 5.82 Å². The second-order valence-electron chi connectivity index (χ2n) is 3.47. The topological polar surface area (TPSA) is 64.4 Å². The lowest BCUT2D eigenvalue weighted by atomic mass is 10.2. The monoisotopic (exact) mass is 304 g/mol. The SMILES string of the molecule is NC(=O)COCCNCc1cc(F)cc(Br)c1. The van der Waals surface area contributed by atoms with Crippen molar-refractivity contribution >= 4 is 21.8 Å². The molecule has 0 aliphatic rings. The van der Waals surface area contributed by atoms with Gasteiger partial charge in [0.2, 0.25) is 5.91 Å². The molecule has 0 radical (unpaired) electrons. The Morgan fingerprint density at radius 1 is 1.47 bits per heavy atom. The molecule has 4 nitrogen and oxygen atoms in total. The maximum Gasteiger partial charge on any atom is 0.243 e. The second-order valence-corrected chi connectivity index (χ2v) is 4.39. The van der Waals surface area contributed by atoms with Crippen LogP contribution in [0.4, 0.5) is 4.39 Å². The Morgan fingerprint density at radius 2 is 2.24 bits per heavy atom. The minimum atomic E-state index is -0.487. The van der Waals surface area contributed by atoms with Gasteiger partial charge in [0.25, 0.3) is 0 Å². The summed E-state index contributed by atoms with van der Waals surface area (Å²) >= 11 is 3.22. The Hall–Kier alpha value is -0.980. The van der Waals surface area contributed by atoms with Crippen molar-refractivity contribution in [2.45, 2.75) is 6.54 Å². The summed E-state index contributed by atoms with van der Waals surface area (Å²) in [6.07, 6.45) is 0. The molecule has 0 heterocycles. The van der Waals surface area contributed by atoms with Crippen LogP contribution in [0.3, 0.4) is 0 Å². The quantitative estimate of drug-likeness (QED) is 0.744. The smallest absolute Gasteiger partial charge is 0.243 e. The minimum absolute atomic E-state index is 0.0762. The molecule has 0 aromatic heterocycles. The minimum Gasteiger partial charge on any atom is -0.370 e. The van der Waals surface area contributed by atoms with Crippen LogP contribution >= 0.6 is 15.9 Å². The maximum absolute atomic E-state index is 13.0. The molecule has 1 amide bonds. The first-order chi connectivity index (χ1) is 8.08. The highest BCUT2D eigenvalue weighted by Crippen LogP contribution is 2.14. The molecule has 6 heteroatoms. The standard InChI is InChI=1S/C11H14BrFN2O2/c12-9-3-8(4-10(13)5-9)6-15-1-2-17-7-11(14)16/h3-5,15H,1-2,6-7H2,(H2,14,16). The van der Waals surface area contributed by atoms with Crippen molar-refractivity contribution < 1.29 is 13.9 Å². The van der Waals surface area contributed by atoms with E-state index in [2.05, 4.69) is 21.2 Å². The van der Waals surface area contributed by atoms with Gasteiger partial charge in [-0.2, -0.15) is 0 Å². The van der Waals surface area contributed by atoms with Gasteiger partial charge in [0.1, 0.15) is 12.4 Å². The van der Waals surface area contributed by atoms with Gasteiger partial charge in [-0.3, -0.25) is 4.79 Å². The molecule has 1 aromatic rings. The summed E-state index contributed by atoms with van der Waals surface area (Å²) < 4.78 is 18.7. The third-order valence-corrected chi connectivity index (χ3v) is 2.38. The van der Waals surface area contributed by atoms with Gasteiger partial charge in [-0.05, 0) is 23.8 Å². The maximum atomic E-state index is 13.0. The number of ether oxygens (including phenoxy) is 1. The van der Waals surface area contributed by atoms with Crippen LogP contribution < -0.4 is 11.1 Å². The molecule has 0 saturated carbocycles. The van der Waals surface area contributed by atoms with Crippen molar-refractivity contribution in [2.75, 3.05) is 19.8 Å². The summed E-state index contributed by atoms with van der Waals surface area (Å²) in [5, 5.41) is 3.07. The Labute approximate surface area is 107 Å². The van der Waals surface area contributed by atoms with E-state index in [-0.39, 0.29) is 12.4 Å². The van der Waals surface area contributed by atoms with Crippen molar-refractivity contribution in [1.82, 2.24) is 5.32 Å². The number of carbonyl (C=O) groups excluding carboxylic acids is 1. The molecule has 0 bridgehead atoms. The van der Waals surface area contributed by atoms with Crippen LogP contribution in [0.2, 0.25) is 0 Å². The number of rotatable bonds is 7. The third-order valence-electron chi connectivity index (χ3n) is 1.92. The van der Waals surface area contributed by atoms with Crippen LogP contribution in [-0.4, -0.2) is 25.7 Å². The van der Waals surface area contributed by atoms with Gasteiger partial charge in [0, 0.05) is 17.6 Å². The summed E-state index contributed by atoms with van der Waals surface area (Å²) in [4.78, 5) is 10.4. The Balaban J connectivity index is 2.20. The number of nitrogens with one attached hydrogen (secondary N) is 1. The highest BCUT2D eigenvalue weighted by molar-refractivity contribution is 9.10. The number of carbonyl (C=O) groups is 1. The van der Waals surface area contributed by atoms with Gasteiger partial charge >= 0.3 is 0 Å². The molecule has 0 atom stereocenters. The first-order valence-electron chi connectivity index (χ1n) is 5.09. The first-order valence-corrected chi connectivity index (χ1v) is 5.89. The first kappa shape index (κ1) is 14.1. The lowest BCUT2D eigenvalue weighted by Crippen LogP contribution is -2.23. The van der Waals surface area contributed by atoms with Gasteiger partial charge in [0.15, 0.2) is 0 Å². The molecule has 1 rings (SSSR count). The number of hydrogen-bond donors (Lipinski definition) is 2. The van der Waals surface area contributed by atoms with Crippen molar-refractivity contribution in [1.29, 1.82) is 0 Å². The molecule has 0 fully saturated rings. The van der Waals surface area contributed by atoms with Crippen molar-refractivity contribution in [3.8, 4) is 0 Å². The van der Waals surface area contributed by atoms with E-state index in [1.807, 2.05) is 6.07 Å². The van der Waals surface area contributed by atoms with Gasteiger partial charge in [-0.1, -0.05) is 15.9 Å². The molecule has 94 valence electrons. The van der Waals surface area contributed by atoms with Crippen LogP contribution in [0.15, 0.2) is 22.7 Å². The molecule has 1 aromatic carbocycles. The van der Waals surface area contributed by atoms with E-state index in [9.17, 15) is 9.18 Å². The summed E-state index contributed by atoms with van der Waals surface area (Å²) in [6.45, 7) is 1.42. The molecule has 3 N–H and O–H groups in total. The molecule has 17 heavy (non-hydrogen) atoms. The molecule has 0 unspecified atom stereocenters. The fraction of sp³-hybridized carbons (Fsp3) is 0.364. The molecular weight excluding hydrogens is 291 g/mol. The molecule has 0 aliphatic carbocycles. The average Bonchev–Trinajstić information content (AvgIpc) is 2.21. The van der Waals surface area contributed by atoms with Crippen molar-refractivity contribution in [3.63, 3.8) is 0 Å². The Bertz CT molecular complexity index is 367. The van der Waals surface area contributed by atoms with Crippen molar-refractivity contribution in [2.24, 2.45) is 5.73 Å².